The summed E-state index contributed by atoms with van der Waals surface area (Å²) in [4.78, 5) is 26.3. The number of ether oxygens (including phenoxy) is 1. The molecule has 1 fully saturated rings. The van der Waals surface area contributed by atoms with E-state index in [0.29, 0.717) is 19.6 Å². The van der Waals surface area contributed by atoms with Crippen molar-refractivity contribution in [1.29, 1.82) is 0 Å². The molecule has 110 valence electrons. The van der Waals surface area contributed by atoms with Gasteiger partial charge in [-0.25, -0.2) is 0 Å². The van der Waals surface area contributed by atoms with E-state index in [9.17, 15) is 9.59 Å². The Kier molecular flexibility index (Phi) is 5.35. The van der Waals surface area contributed by atoms with Gasteiger partial charge in [-0.15, -0.1) is 0 Å². The summed E-state index contributed by atoms with van der Waals surface area (Å²) in [5, 5.41) is 2.85. The molecule has 0 aliphatic carbocycles. The fraction of sp³-hybridized carbons (Fsp3) is 0.857. The van der Waals surface area contributed by atoms with Crippen molar-refractivity contribution in [3.05, 3.63) is 0 Å². The first-order chi connectivity index (χ1) is 8.81. The van der Waals surface area contributed by atoms with Crippen molar-refractivity contribution in [2.45, 2.75) is 52.6 Å². The summed E-state index contributed by atoms with van der Waals surface area (Å²) in [7, 11) is 1.63. The summed E-state index contributed by atoms with van der Waals surface area (Å²) in [6, 6.07) is -0.427. The second-order valence-corrected chi connectivity index (χ2v) is 6.17. The van der Waals surface area contributed by atoms with Crippen molar-refractivity contribution in [2.24, 2.45) is 5.41 Å². The number of carbonyl (C=O) groups is 2. The first-order valence-corrected chi connectivity index (χ1v) is 6.90. The molecule has 5 nitrogen and oxygen atoms in total. The number of nitrogens with zero attached hydrogens (tertiary/aromatic N) is 1. The molecule has 2 amide bonds. The molecule has 0 aromatic heterocycles. The third-order valence-corrected chi connectivity index (χ3v) is 3.55. The lowest BCUT2D eigenvalue weighted by Gasteiger charge is -2.35. The Morgan fingerprint density at radius 3 is 2.53 bits per heavy atom. The maximum Gasteiger partial charge on any atom is 0.246 e. The molecule has 1 aliphatic heterocycles. The summed E-state index contributed by atoms with van der Waals surface area (Å²) >= 11 is 0. The first kappa shape index (κ1) is 16.0. The van der Waals surface area contributed by atoms with Gasteiger partial charge in [0.1, 0.15) is 6.04 Å². The third-order valence-electron chi connectivity index (χ3n) is 3.55. The van der Waals surface area contributed by atoms with Crippen LogP contribution in [-0.4, -0.2) is 49.1 Å². The van der Waals surface area contributed by atoms with Crippen LogP contribution in [0.4, 0.5) is 0 Å². The molecule has 1 saturated heterocycles. The predicted molar refractivity (Wildman–Crippen MR) is 73.7 cm³/mol. The van der Waals surface area contributed by atoms with Gasteiger partial charge in [0.25, 0.3) is 0 Å². The Labute approximate surface area is 115 Å². The zero-order valence-corrected chi connectivity index (χ0v) is 12.7. The summed E-state index contributed by atoms with van der Waals surface area (Å²) < 4.78 is 5.19. The van der Waals surface area contributed by atoms with Crippen LogP contribution in [0.1, 0.15) is 40.5 Å². The molecule has 0 aromatic carbocycles. The summed E-state index contributed by atoms with van der Waals surface area (Å²) in [5.74, 6) is -0.0507. The molecule has 0 bridgehead atoms. The monoisotopic (exact) mass is 270 g/mol. The van der Waals surface area contributed by atoms with Gasteiger partial charge >= 0.3 is 0 Å². The molecule has 1 N–H and O–H groups in total. The third kappa shape index (κ3) is 3.93. The highest BCUT2D eigenvalue weighted by Gasteiger charge is 2.39. The van der Waals surface area contributed by atoms with E-state index < -0.39 is 6.04 Å². The van der Waals surface area contributed by atoms with Crippen LogP contribution >= 0.6 is 0 Å². The standard InChI is InChI=1S/C14H26N2O3/c1-6-10(9-19-5)16-8-7-11(17)15-12(13(16)18)14(2,3)4/h10,12H,6-9H2,1-5H3,(H,15,17). The highest BCUT2D eigenvalue weighted by molar-refractivity contribution is 5.90. The van der Waals surface area contributed by atoms with Crippen molar-refractivity contribution in [1.82, 2.24) is 10.2 Å². The first-order valence-electron chi connectivity index (χ1n) is 6.90. The lowest BCUT2D eigenvalue weighted by Crippen LogP contribution is -2.54. The zero-order chi connectivity index (χ0) is 14.6. The van der Waals surface area contributed by atoms with Crippen LogP contribution in [0.2, 0.25) is 0 Å². The fourth-order valence-corrected chi connectivity index (χ4v) is 2.36. The van der Waals surface area contributed by atoms with Crippen LogP contribution in [0, 0.1) is 5.41 Å². The van der Waals surface area contributed by atoms with Crippen LogP contribution in [0.25, 0.3) is 0 Å². The van der Waals surface area contributed by atoms with Crippen molar-refractivity contribution in [3.63, 3.8) is 0 Å². The average molecular weight is 270 g/mol. The van der Waals surface area contributed by atoms with Crippen LogP contribution in [0.15, 0.2) is 0 Å². The SMILES string of the molecule is CCC(COC)N1CCC(=O)NC(C(C)(C)C)C1=O. The van der Waals surface area contributed by atoms with Gasteiger partial charge in [-0.05, 0) is 11.8 Å². The Morgan fingerprint density at radius 1 is 1.42 bits per heavy atom. The molecule has 5 heteroatoms. The summed E-state index contributed by atoms with van der Waals surface area (Å²) in [5.41, 5.74) is -0.291. The molecule has 0 radical (unpaired) electrons. The van der Waals surface area contributed by atoms with Crippen LogP contribution in [0.5, 0.6) is 0 Å². The van der Waals surface area contributed by atoms with E-state index in [1.807, 2.05) is 27.7 Å². The van der Waals surface area contributed by atoms with Gasteiger partial charge in [-0.3, -0.25) is 9.59 Å². The lowest BCUT2D eigenvalue weighted by atomic mass is 9.85. The van der Waals surface area contributed by atoms with Crippen molar-refractivity contribution in [3.8, 4) is 0 Å². The Balaban J connectivity index is 2.98. The minimum absolute atomic E-state index is 0.00208. The van der Waals surface area contributed by atoms with E-state index in [2.05, 4.69) is 5.32 Å². The second kappa shape index (κ2) is 6.37. The Hall–Kier alpha value is -1.10. The van der Waals surface area contributed by atoms with E-state index in [1.165, 1.54) is 0 Å². The number of rotatable bonds is 4. The van der Waals surface area contributed by atoms with E-state index in [1.54, 1.807) is 12.0 Å². The summed E-state index contributed by atoms with van der Waals surface area (Å²) in [6.07, 6.45) is 1.18. The zero-order valence-electron chi connectivity index (χ0n) is 12.7. The fourth-order valence-electron chi connectivity index (χ4n) is 2.36. The van der Waals surface area contributed by atoms with Gasteiger partial charge in [-0.1, -0.05) is 27.7 Å². The van der Waals surface area contributed by atoms with Crippen LogP contribution in [-0.2, 0) is 14.3 Å². The molecular formula is C14H26N2O3. The van der Waals surface area contributed by atoms with Gasteiger partial charge in [0.05, 0.1) is 12.6 Å². The number of nitrogens with one attached hydrogen (secondary N) is 1. The van der Waals surface area contributed by atoms with Gasteiger partial charge in [0, 0.05) is 20.1 Å². The quantitative estimate of drug-likeness (QED) is 0.834. The highest BCUT2D eigenvalue weighted by Crippen LogP contribution is 2.24. The molecule has 19 heavy (non-hydrogen) atoms. The molecule has 0 aromatic rings. The van der Waals surface area contributed by atoms with E-state index in [0.717, 1.165) is 6.42 Å². The topological polar surface area (TPSA) is 58.6 Å². The Bertz CT molecular complexity index is 336. The smallest absolute Gasteiger partial charge is 0.246 e. The molecule has 1 rings (SSSR count). The van der Waals surface area contributed by atoms with E-state index in [4.69, 9.17) is 4.74 Å². The van der Waals surface area contributed by atoms with Crippen LogP contribution < -0.4 is 5.32 Å². The van der Waals surface area contributed by atoms with E-state index in [-0.39, 0.29) is 23.3 Å². The van der Waals surface area contributed by atoms with Crippen molar-refractivity contribution in [2.75, 3.05) is 20.3 Å². The Morgan fingerprint density at radius 2 is 2.05 bits per heavy atom. The molecule has 2 atom stereocenters. The van der Waals surface area contributed by atoms with Crippen molar-refractivity contribution >= 4 is 11.8 Å². The number of hydrogen-bond donors (Lipinski definition) is 1. The highest BCUT2D eigenvalue weighted by atomic mass is 16.5. The second-order valence-electron chi connectivity index (χ2n) is 6.17. The van der Waals surface area contributed by atoms with Gasteiger partial charge in [0.2, 0.25) is 11.8 Å². The lowest BCUT2D eigenvalue weighted by molar-refractivity contribution is -0.139. The average Bonchev–Trinajstić information content (AvgIpc) is 2.46. The van der Waals surface area contributed by atoms with Gasteiger partial charge in [0.15, 0.2) is 0 Å². The maximum atomic E-state index is 12.7. The number of hydrogen-bond acceptors (Lipinski definition) is 3. The predicted octanol–water partition coefficient (Wildman–Crippen LogP) is 1.17. The minimum atomic E-state index is -0.464. The maximum absolute atomic E-state index is 12.7. The molecule has 0 spiro atoms. The molecule has 1 heterocycles. The normalized spacial score (nSPS) is 23.0. The molecule has 1 aliphatic rings. The van der Waals surface area contributed by atoms with Gasteiger partial charge in [-0.2, -0.15) is 0 Å². The van der Waals surface area contributed by atoms with Gasteiger partial charge < -0.3 is 15.0 Å². The van der Waals surface area contributed by atoms with E-state index >= 15 is 0 Å². The molecule has 2 unspecified atom stereocenters. The minimum Gasteiger partial charge on any atom is -0.383 e. The molecular weight excluding hydrogens is 244 g/mol. The van der Waals surface area contributed by atoms with Crippen molar-refractivity contribution < 1.29 is 14.3 Å². The largest absolute Gasteiger partial charge is 0.383 e. The number of amides is 2. The number of carbonyl (C=O) groups excluding carboxylic acids is 2. The van der Waals surface area contributed by atoms with Crippen LogP contribution in [0.3, 0.4) is 0 Å². The summed E-state index contributed by atoms with van der Waals surface area (Å²) in [6.45, 7) is 8.92. The molecule has 0 saturated carbocycles. The number of methoxy groups -OCH3 is 1.